The highest BCUT2D eigenvalue weighted by atomic mass is 15.0. The lowest BCUT2D eigenvalue weighted by molar-refractivity contribution is 0.881. The van der Waals surface area contributed by atoms with E-state index in [1.54, 1.807) is 0 Å². The summed E-state index contributed by atoms with van der Waals surface area (Å²) in [6.45, 7) is 4.56. The van der Waals surface area contributed by atoms with E-state index in [0.717, 1.165) is 17.0 Å². The molecular weight excluding hydrogens is 162 g/mol. The molecule has 2 rings (SSSR count). The fraction of sp³-hybridized carbons (Fsp3) is 0.300. The Balaban J connectivity index is 2.89. The Morgan fingerprint density at radius 1 is 1.38 bits per heavy atom. The number of aromatic nitrogens is 2. The van der Waals surface area contributed by atoms with Crippen molar-refractivity contribution in [2.45, 2.75) is 20.4 Å². The Kier molecular flexibility index (Phi) is 1.81. The average molecular weight is 175 g/mol. The van der Waals surface area contributed by atoms with Crippen molar-refractivity contribution in [3.63, 3.8) is 0 Å². The van der Waals surface area contributed by atoms with Crippen molar-refractivity contribution in [3.8, 4) is 0 Å². The third-order valence-electron chi connectivity index (χ3n) is 2.29. The number of hydrogen-bond donors (Lipinski definition) is 1. The minimum absolute atomic E-state index is 0.486. The van der Waals surface area contributed by atoms with Crippen LogP contribution in [0.15, 0.2) is 18.2 Å². The van der Waals surface area contributed by atoms with Crippen molar-refractivity contribution in [2.24, 2.45) is 5.73 Å². The van der Waals surface area contributed by atoms with Crippen LogP contribution in [-0.2, 0) is 6.54 Å². The van der Waals surface area contributed by atoms with Crippen molar-refractivity contribution in [3.05, 3.63) is 35.4 Å². The maximum Gasteiger partial charge on any atom is 0.127 e. The molecule has 0 saturated carbocycles. The van der Waals surface area contributed by atoms with Gasteiger partial charge in [0.15, 0.2) is 0 Å². The van der Waals surface area contributed by atoms with Crippen LogP contribution in [0.2, 0.25) is 0 Å². The van der Waals surface area contributed by atoms with Crippen LogP contribution in [0.1, 0.15) is 17.2 Å². The van der Waals surface area contributed by atoms with Gasteiger partial charge >= 0.3 is 0 Å². The lowest BCUT2D eigenvalue weighted by Gasteiger charge is -2.02. The molecule has 0 spiro atoms. The zero-order valence-electron chi connectivity index (χ0n) is 7.91. The molecule has 0 aliphatic rings. The van der Waals surface area contributed by atoms with Crippen LogP contribution in [0.5, 0.6) is 0 Å². The van der Waals surface area contributed by atoms with Gasteiger partial charge in [0, 0.05) is 5.69 Å². The maximum atomic E-state index is 5.61. The molecule has 0 unspecified atom stereocenters. The Morgan fingerprint density at radius 3 is 2.85 bits per heavy atom. The molecule has 2 heterocycles. The van der Waals surface area contributed by atoms with E-state index >= 15 is 0 Å². The minimum Gasteiger partial charge on any atom is -0.324 e. The predicted octanol–water partition coefficient (Wildman–Crippen LogP) is 1.41. The number of pyridine rings is 1. The minimum atomic E-state index is 0.486. The summed E-state index contributed by atoms with van der Waals surface area (Å²) in [4.78, 5) is 4.41. The Bertz CT molecular complexity index is 443. The van der Waals surface area contributed by atoms with Crippen LogP contribution in [0.4, 0.5) is 0 Å². The van der Waals surface area contributed by atoms with E-state index in [9.17, 15) is 0 Å². The molecule has 3 heteroatoms. The molecule has 68 valence electrons. The summed E-state index contributed by atoms with van der Waals surface area (Å²) in [6.07, 6.45) is 0. The van der Waals surface area contributed by atoms with Gasteiger partial charge in [-0.2, -0.15) is 0 Å². The number of nitrogens with zero attached hydrogens (tertiary/aromatic N) is 2. The zero-order chi connectivity index (χ0) is 9.42. The molecule has 0 aliphatic carbocycles. The second-order valence-corrected chi connectivity index (χ2v) is 3.21. The first-order chi connectivity index (χ1) is 6.24. The maximum absolute atomic E-state index is 5.61. The average Bonchev–Trinajstić information content (AvgIpc) is 2.45. The fourth-order valence-electron chi connectivity index (χ4n) is 1.68. The van der Waals surface area contributed by atoms with E-state index in [1.165, 1.54) is 5.69 Å². The number of aryl methyl sites for hydroxylation is 2. The van der Waals surface area contributed by atoms with Gasteiger partial charge in [-0.25, -0.2) is 4.98 Å². The van der Waals surface area contributed by atoms with Gasteiger partial charge < -0.3 is 5.73 Å². The van der Waals surface area contributed by atoms with Crippen molar-refractivity contribution in [1.29, 1.82) is 0 Å². The molecule has 0 saturated heterocycles. The van der Waals surface area contributed by atoms with Crippen molar-refractivity contribution in [1.82, 2.24) is 9.38 Å². The summed E-state index contributed by atoms with van der Waals surface area (Å²) in [7, 11) is 0. The van der Waals surface area contributed by atoms with Gasteiger partial charge in [-0.05, 0) is 26.0 Å². The van der Waals surface area contributed by atoms with E-state index in [2.05, 4.69) is 28.4 Å². The predicted molar refractivity (Wildman–Crippen MR) is 52.6 cm³/mol. The monoisotopic (exact) mass is 175 g/mol. The standard InChI is InChI=1S/C10H13N3/c1-7-4-3-5-9-8(2)12-10(6-11)13(7)9/h3-5H,6,11H2,1-2H3. The van der Waals surface area contributed by atoms with E-state index in [0.29, 0.717) is 6.54 Å². The van der Waals surface area contributed by atoms with Gasteiger partial charge in [-0.3, -0.25) is 4.40 Å². The Morgan fingerprint density at radius 2 is 2.15 bits per heavy atom. The fourth-order valence-corrected chi connectivity index (χ4v) is 1.68. The van der Waals surface area contributed by atoms with Crippen molar-refractivity contribution >= 4 is 5.52 Å². The van der Waals surface area contributed by atoms with Crippen LogP contribution in [-0.4, -0.2) is 9.38 Å². The van der Waals surface area contributed by atoms with Crippen molar-refractivity contribution in [2.75, 3.05) is 0 Å². The topological polar surface area (TPSA) is 43.3 Å². The molecule has 0 aliphatic heterocycles. The van der Waals surface area contributed by atoms with Crippen LogP contribution in [0, 0.1) is 13.8 Å². The van der Waals surface area contributed by atoms with Crippen LogP contribution in [0.3, 0.4) is 0 Å². The summed E-state index contributed by atoms with van der Waals surface area (Å²) in [5.74, 6) is 0.936. The number of rotatable bonds is 1. The first-order valence-corrected chi connectivity index (χ1v) is 4.37. The first-order valence-electron chi connectivity index (χ1n) is 4.37. The molecular formula is C10H13N3. The van der Waals surface area contributed by atoms with Gasteiger partial charge in [0.25, 0.3) is 0 Å². The van der Waals surface area contributed by atoms with Gasteiger partial charge in [0.05, 0.1) is 17.8 Å². The lowest BCUT2D eigenvalue weighted by Crippen LogP contribution is -2.04. The Labute approximate surface area is 77.2 Å². The SMILES string of the molecule is Cc1nc(CN)n2c(C)cccc12. The first kappa shape index (κ1) is 8.26. The van der Waals surface area contributed by atoms with E-state index in [4.69, 9.17) is 5.73 Å². The molecule has 3 nitrogen and oxygen atoms in total. The summed E-state index contributed by atoms with van der Waals surface area (Å²) < 4.78 is 2.11. The molecule has 0 atom stereocenters. The van der Waals surface area contributed by atoms with Crippen molar-refractivity contribution < 1.29 is 0 Å². The van der Waals surface area contributed by atoms with E-state index < -0.39 is 0 Å². The highest BCUT2D eigenvalue weighted by Crippen LogP contribution is 2.14. The Hall–Kier alpha value is -1.35. The number of hydrogen-bond acceptors (Lipinski definition) is 2. The number of nitrogens with two attached hydrogens (primary N) is 1. The van der Waals surface area contributed by atoms with Crippen LogP contribution in [0.25, 0.3) is 5.52 Å². The smallest absolute Gasteiger partial charge is 0.127 e. The second kappa shape index (κ2) is 2.85. The second-order valence-electron chi connectivity index (χ2n) is 3.21. The third-order valence-corrected chi connectivity index (χ3v) is 2.29. The summed E-state index contributed by atoms with van der Waals surface area (Å²) in [6, 6.07) is 6.17. The lowest BCUT2D eigenvalue weighted by atomic mass is 10.3. The highest BCUT2D eigenvalue weighted by molar-refractivity contribution is 5.53. The quantitative estimate of drug-likeness (QED) is 0.712. The van der Waals surface area contributed by atoms with Gasteiger partial charge in [-0.15, -0.1) is 0 Å². The molecule has 0 fully saturated rings. The van der Waals surface area contributed by atoms with Crippen LogP contribution >= 0.6 is 0 Å². The molecule has 0 bridgehead atoms. The molecule has 2 N–H and O–H groups in total. The molecule has 2 aromatic heterocycles. The summed E-state index contributed by atoms with van der Waals surface area (Å²) in [5, 5.41) is 0. The molecule has 0 aromatic carbocycles. The van der Waals surface area contributed by atoms with Gasteiger partial charge in [0.2, 0.25) is 0 Å². The summed E-state index contributed by atoms with van der Waals surface area (Å²) >= 11 is 0. The molecule has 0 radical (unpaired) electrons. The molecule has 2 aromatic rings. The largest absolute Gasteiger partial charge is 0.324 e. The highest BCUT2D eigenvalue weighted by Gasteiger charge is 2.06. The third kappa shape index (κ3) is 1.12. The molecule has 0 amide bonds. The number of fused-ring (bicyclic) bond motifs is 1. The normalized spacial score (nSPS) is 11.0. The number of imidazole rings is 1. The van der Waals surface area contributed by atoms with Gasteiger partial charge in [0.1, 0.15) is 5.82 Å². The van der Waals surface area contributed by atoms with Crippen LogP contribution < -0.4 is 5.73 Å². The zero-order valence-corrected chi connectivity index (χ0v) is 7.91. The van der Waals surface area contributed by atoms with Gasteiger partial charge in [-0.1, -0.05) is 6.07 Å². The van der Waals surface area contributed by atoms with E-state index in [1.807, 2.05) is 13.0 Å². The summed E-state index contributed by atoms with van der Waals surface area (Å²) in [5.41, 5.74) is 8.99. The van der Waals surface area contributed by atoms with E-state index in [-0.39, 0.29) is 0 Å². The molecule has 13 heavy (non-hydrogen) atoms.